The first-order valence-corrected chi connectivity index (χ1v) is 12.0. The topological polar surface area (TPSA) is 95.5 Å². The van der Waals surface area contributed by atoms with Crippen molar-refractivity contribution in [1.29, 1.82) is 0 Å². The second-order valence-electron chi connectivity index (χ2n) is 8.71. The number of nitrogens with one attached hydrogen (secondary N) is 2. The Kier molecular flexibility index (Phi) is 8.55. The van der Waals surface area contributed by atoms with Crippen molar-refractivity contribution in [2.75, 3.05) is 0 Å². The summed E-state index contributed by atoms with van der Waals surface area (Å²) in [6.45, 7) is 1.97. The molecule has 1 fully saturated rings. The van der Waals surface area contributed by atoms with E-state index < -0.39 is 28.7 Å². The predicted molar refractivity (Wildman–Crippen MR) is 132 cm³/mol. The molecule has 2 aromatic carbocycles. The molecule has 0 bridgehead atoms. The third-order valence-electron chi connectivity index (χ3n) is 6.22. The summed E-state index contributed by atoms with van der Waals surface area (Å²) >= 11 is 4.35. The molecule has 1 saturated carbocycles. The molecule has 1 unspecified atom stereocenters. The van der Waals surface area contributed by atoms with Gasteiger partial charge in [-0.05, 0) is 36.0 Å². The zero-order chi connectivity index (χ0) is 23.8. The van der Waals surface area contributed by atoms with Crippen molar-refractivity contribution >= 4 is 30.4 Å². The lowest BCUT2D eigenvalue weighted by Gasteiger charge is -2.31. The molecular formula is C26H32N2O4S. The van der Waals surface area contributed by atoms with Gasteiger partial charge in [0, 0.05) is 6.42 Å². The molecule has 0 heterocycles. The monoisotopic (exact) mass is 468 g/mol. The standard InChI is InChI=1S/C26H32N2O4S/c1-2-8-22(33)23(29)28-26(15-6-7-16-26)25(32)27-21(24(30)31)17-18-11-13-20(14-12-18)19-9-4-3-5-10-19/h3-5,9-14,21-22,33H,2,6-8,15-17H2,1H3,(H,27,32)(H,28,29)(H,30,31)/t21?,22-/m0/s1. The first kappa shape index (κ1) is 24.8. The largest absolute Gasteiger partial charge is 0.480 e. The Balaban J connectivity index is 1.69. The first-order chi connectivity index (χ1) is 15.8. The predicted octanol–water partition coefficient (Wildman–Crippen LogP) is 3.99. The molecule has 0 radical (unpaired) electrons. The lowest BCUT2D eigenvalue weighted by molar-refractivity contribution is -0.143. The van der Waals surface area contributed by atoms with Gasteiger partial charge in [-0.1, -0.05) is 80.8 Å². The Morgan fingerprint density at radius 1 is 1.00 bits per heavy atom. The van der Waals surface area contributed by atoms with Crippen LogP contribution in [0.4, 0.5) is 0 Å². The van der Waals surface area contributed by atoms with Crippen LogP contribution in [-0.2, 0) is 20.8 Å². The average Bonchev–Trinajstić information content (AvgIpc) is 3.29. The number of carbonyl (C=O) groups is 3. The van der Waals surface area contributed by atoms with Gasteiger partial charge in [0.15, 0.2) is 0 Å². The normalized spacial score (nSPS) is 16.5. The highest BCUT2D eigenvalue weighted by molar-refractivity contribution is 7.81. The number of thiol groups is 1. The highest BCUT2D eigenvalue weighted by atomic mass is 32.1. The smallest absolute Gasteiger partial charge is 0.326 e. The number of hydrogen-bond donors (Lipinski definition) is 4. The molecule has 6 nitrogen and oxygen atoms in total. The maximum absolute atomic E-state index is 13.2. The number of carboxylic acid groups (broad SMARTS) is 1. The van der Waals surface area contributed by atoms with Crippen molar-refractivity contribution in [3.05, 3.63) is 60.2 Å². The minimum Gasteiger partial charge on any atom is -0.480 e. The van der Waals surface area contributed by atoms with Gasteiger partial charge in [0.25, 0.3) is 0 Å². The number of benzene rings is 2. The zero-order valence-electron chi connectivity index (χ0n) is 18.9. The molecule has 3 rings (SSSR count). The summed E-state index contributed by atoms with van der Waals surface area (Å²) < 4.78 is 0. The van der Waals surface area contributed by atoms with E-state index in [9.17, 15) is 19.5 Å². The van der Waals surface area contributed by atoms with E-state index in [4.69, 9.17) is 0 Å². The van der Waals surface area contributed by atoms with Gasteiger partial charge in [-0.2, -0.15) is 12.6 Å². The summed E-state index contributed by atoms with van der Waals surface area (Å²) in [4.78, 5) is 37.7. The number of carboxylic acids is 1. The summed E-state index contributed by atoms with van der Waals surface area (Å²) in [6, 6.07) is 16.5. The Bertz CT molecular complexity index is 956. The molecule has 2 amide bonds. The van der Waals surface area contributed by atoms with Gasteiger partial charge >= 0.3 is 5.97 Å². The molecule has 3 N–H and O–H groups in total. The Morgan fingerprint density at radius 2 is 1.61 bits per heavy atom. The van der Waals surface area contributed by atoms with Crippen molar-refractivity contribution in [3.8, 4) is 11.1 Å². The lowest BCUT2D eigenvalue weighted by Crippen LogP contribution is -2.61. The third-order valence-corrected chi connectivity index (χ3v) is 6.72. The van der Waals surface area contributed by atoms with Crippen molar-refractivity contribution in [1.82, 2.24) is 10.6 Å². The Labute approximate surface area is 200 Å². The van der Waals surface area contributed by atoms with E-state index in [1.807, 2.05) is 61.5 Å². The minimum absolute atomic E-state index is 0.158. The quantitative estimate of drug-likeness (QED) is 0.397. The molecule has 176 valence electrons. The van der Waals surface area contributed by atoms with Crippen LogP contribution in [0.15, 0.2) is 54.6 Å². The van der Waals surface area contributed by atoms with Gasteiger partial charge in [-0.25, -0.2) is 4.79 Å². The molecule has 2 aromatic rings. The summed E-state index contributed by atoms with van der Waals surface area (Å²) in [5, 5.41) is 14.9. The van der Waals surface area contributed by atoms with Crippen LogP contribution in [0, 0.1) is 0 Å². The van der Waals surface area contributed by atoms with E-state index >= 15 is 0 Å². The maximum atomic E-state index is 13.2. The number of hydrogen-bond acceptors (Lipinski definition) is 4. The summed E-state index contributed by atoms with van der Waals surface area (Å²) in [7, 11) is 0. The Hall–Kier alpha value is -2.80. The lowest BCUT2D eigenvalue weighted by atomic mass is 9.94. The fourth-order valence-electron chi connectivity index (χ4n) is 4.31. The first-order valence-electron chi connectivity index (χ1n) is 11.5. The van der Waals surface area contributed by atoms with Gasteiger partial charge in [-0.15, -0.1) is 0 Å². The van der Waals surface area contributed by atoms with Crippen LogP contribution in [0.25, 0.3) is 11.1 Å². The van der Waals surface area contributed by atoms with Crippen LogP contribution < -0.4 is 10.6 Å². The minimum atomic E-state index is -1.10. The van der Waals surface area contributed by atoms with Gasteiger partial charge in [0.05, 0.1) is 5.25 Å². The summed E-state index contributed by atoms with van der Waals surface area (Å²) in [5.74, 6) is -1.81. The van der Waals surface area contributed by atoms with Crippen LogP contribution >= 0.6 is 12.6 Å². The van der Waals surface area contributed by atoms with Crippen molar-refractivity contribution in [2.24, 2.45) is 0 Å². The van der Waals surface area contributed by atoms with E-state index in [2.05, 4.69) is 23.3 Å². The molecule has 0 aliphatic heterocycles. The van der Waals surface area contributed by atoms with Crippen molar-refractivity contribution in [3.63, 3.8) is 0 Å². The van der Waals surface area contributed by atoms with Gasteiger partial charge < -0.3 is 15.7 Å². The zero-order valence-corrected chi connectivity index (χ0v) is 19.8. The van der Waals surface area contributed by atoms with Gasteiger partial charge in [0.2, 0.25) is 11.8 Å². The molecule has 1 aliphatic carbocycles. The fraction of sp³-hybridized carbons (Fsp3) is 0.423. The second-order valence-corrected chi connectivity index (χ2v) is 9.34. The van der Waals surface area contributed by atoms with E-state index in [1.54, 1.807) is 0 Å². The molecule has 2 atom stereocenters. The number of amides is 2. The summed E-state index contributed by atoms with van der Waals surface area (Å²) in [6.07, 6.45) is 4.18. The second kappa shape index (κ2) is 11.4. The van der Waals surface area contributed by atoms with Crippen LogP contribution in [0.5, 0.6) is 0 Å². The SMILES string of the molecule is CCC[C@H](S)C(=O)NC1(C(=O)NC(Cc2ccc(-c3ccccc3)cc2)C(=O)O)CCCC1. The van der Waals surface area contributed by atoms with E-state index in [1.165, 1.54) is 0 Å². The van der Waals surface area contributed by atoms with E-state index in [0.717, 1.165) is 36.0 Å². The molecular weight excluding hydrogens is 436 g/mol. The van der Waals surface area contributed by atoms with Crippen LogP contribution in [0.3, 0.4) is 0 Å². The number of aliphatic carboxylic acids is 1. The Morgan fingerprint density at radius 3 is 2.18 bits per heavy atom. The van der Waals surface area contributed by atoms with Crippen LogP contribution in [0.2, 0.25) is 0 Å². The molecule has 1 aliphatic rings. The van der Waals surface area contributed by atoms with Crippen LogP contribution in [0.1, 0.15) is 51.0 Å². The van der Waals surface area contributed by atoms with Gasteiger partial charge in [-0.3, -0.25) is 9.59 Å². The van der Waals surface area contributed by atoms with Crippen LogP contribution in [-0.4, -0.2) is 39.7 Å². The molecule has 0 spiro atoms. The molecule has 0 saturated heterocycles. The number of carbonyl (C=O) groups excluding carboxylic acids is 2. The number of rotatable bonds is 10. The highest BCUT2D eigenvalue weighted by Crippen LogP contribution is 2.31. The fourth-order valence-corrected chi connectivity index (χ4v) is 4.63. The molecule has 7 heteroatoms. The van der Waals surface area contributed by atoms with E-state index in [-0.39, 0.29) is 12.3 Å². The van der Waals surface area contributed by atoms with E-state index in [0.29, 0.717) is 19.3 Å². The van der Waals surface area contributed by atoms with Gasteiger partial charge in [0.1, 0.15) is 11.6 Å². The third kappa shape index (κ3) is 6.38. The highest BCUT2D eigenvalue weighted by Gasteiger charge is 2.44. The molecule has 0 aromatic heterocycles. The summed E-state index contributed by atoms with van der Waals surface area (Å²) in [5.41, 5.74) is 1.86. The average molecular weight is 469 g/mol. The van der Waals surface area contributed by atoms with Crippen molar-refractivity contribution in [2.45, 2.75) is 68.7 Å². The maximum Gasteiger partial charge on any atom is 0.326 e. The molecule has 33 heavy (non-hydrogen) atoms. The van der Waals surface area contributed by atoms with Crippen molar-refractivity contribution < 1.29 is 19.5 Å².